The van der Waals surface area contributed by atoms with Crippen LogP contribution in [0.5, 0.6) is 0 Å². The number of methoxy groups -OCH3 is 2. The van der Waals surface area contributed by atoms with E-state index >= 15 is 0 Å². The second kappa shape index (κ2) is 4.91. The number of rotatable bonds is 2. The molecular formula is C12H10N6O4. The number of nitrogens with two attached hydrogens (primary N) is 1. The van der Waals surface area contributed by atoms with Gasteiger partial charge in [0, 0.05) is 0 Å². The highest BCUT2D eigenvalue weighted by Crippen LogP contribution is 2.21. The summed E-state index contributed by atoms with van der Waals surface area (Å²) in [7, 11) is 2.48. The summed E-state index contributed by atoms with van der Waals surface area (Å²) < 4.78 is 10.6. The predicted octanol–water partition coefficient (Wildman–Crippen LogP) is -0.172. The van der Waals surface area contributed by atoms with E-state index < -0.39 is 11.9 Å². The molecule has 0 fully saturated rings. The molecule has 22 heavy (non-hydrogen) atoms. The van der Waals surface area contributed by atoms with E-state index in [0.29, 0.717) is 0 Å². The first-order valence-corrected chi connectivity index (χ1v) is 6.05. The summed E-state index contributed by atoms with van der Waals surface area (Å²) in [6.07, 6.45) is 0. The Kier molecular flexibility index (Phi) is 3.05. The summed E-state index contributed by atoms with van der Waals surface area (Å²) in [5.74, 6) is -1.14. The van der Waals surface area contributed by atoms with Gasteiger partial charge in [0.05, 0.1) is 25.3 Å². The van der Waals surface area contributed by atoms with Crippen molar-refractivity contribution in [1.29, 1.82) is 0 Å². The highest BCUT2D eigenvalue weighted by Gasteiger charge is 2.21. The van der Waals surface area contributed by atoms with E-state index in [9.17, 15) is 9.59 Å². The zero-order valence-electron chi connectivity index (χ0n) is 11.6. The Hall–Kier alpha value is -3.30. The smallest absolute Gasteiger partial charge is 0.340 e. The van der Waals surface area contributed by atoms with Crippen molar-refractivity contribution in [1.82, 2.24) is 24.8 Å². The topological polar surface area (TPSA) is 135 Å². The van der Waals surface area contributed by atoms with E-state index in [1.54, 1.807) is 0 Å². The van der Waals surface area contributed by atoms with Gasteiger partial charge < -0.3 is 15.2 Å². The van der Waals surface area contributed by atoms with E-state index in [0.717, 1.165) is 4.52 Å². The summed E-state index contributed by atoms with van der Waals surface area (Å²) >= 11 is 0. The Bertz CT molecular complexity index is 919. The van der Waals surface area contributed by atoms with Crippen LogP contribution in [0.2, 0.25) is 0 Å². The average molecular weight is 302 g/mol. The Morgan fingerprint density at radius 3 is 2.23 bits per heavy atom. The molecule has 0 saturated heterocycles. The Labute approximate surface area is 122 Å². The fourth-order valence-corrected chi connectivity index (χ4v) is 1.99. The van der Waals surface area contributed by atoms with Crippen molar-refractivity contribution < 1.29 is 19.1 Å². The number of hydrogen-bond acceptors (Lipinski definition) is 9. The fourth-order valence-electron chi connectivity index (χ4n) is 1.99. The lowest BCUT2D eigenvalue weighted by Crippen LogP contribution is -2.11. The minimum atomic E-state index is -0.623. The van der Waals surface area contributed by atoms with Crippen LogP contribution in [-0.2, 0) is 9.47 Å². The monoisotopic (exact) mass is 302 g/mol. The molecule has 2 aromatic heterocycles. The van der Waals surface area contributed by atoms with Gasteiger partial charge in [-0.05, 0) is 12.1 Å². The van der Waals surface area contributed by atoms with E-state index in [2.05, 4.69) is 20.3 Å². The summed E-state index contributed by atoms with van der Waals surface area (Å²) in [6, 6.07) is 2.81. The highest BCUT2D eigenvalue weighted by atomic mass is 16.5. The molecule has 0 amide bonds. The molecule has 0 bridgehead atoms. The number of esters is 2. The summed E-state index contributed by atoms with van der Waals surface area (Å²) in [5.41, 5.74) is 6.18. The van der Waals surface area contributed by atoms with E-state index in [1.807, 2.05) is 0 Å². The Balaban J connectivity index is 2.44. The van der Waals surface area contributed by atoms with E-state index in [1.165, 1.54) is 26.4 Å². The van der Waals surface area contributed by atoms with Crippen LogP contribution >= 0.6 is 0 Å². The van der Waals surface area contributed by atoms with Gasteiger partial charge in [-0.15, -0.1) is 10.2 Å². The molecule has 2 N–H and O–H groups in total. The lowest BCUT2D eigenvalue weighted by molar-refractivity contribution is 0.0589. The first-order chi connectivity index (χ1) is 10.6. The number of ether oxygens (including phenoxy) is 2. The van der Waals surface area contributed by atoms with Crippen molar-refractivity contribution in [2.45, 2.75) is 0 Å². The Morgan fingerprint density at radius 1 is 1.05 bits per heavy atom. The van der Waals surface area contributed by atoms with Gasteiger partial charge in [0.2, 0.25) is 5.95 Å². The van der Waals surface area contributed by atoms with Crippen LogP contribution in [0.15, 0.2) is 12.1 Å². The van der Waals surface area contributed by atoms with Crippen molar-refractivity contribution in [2.75, 3.05) is 20.0 Å². The molecule has 1 aromatic carbocycles. The molecule has 0 aliphatic heterocycles. The van der Waals surface area contributed by atoms with Gasteiger partial charge in [-0.2, -0.15) is 9.61 Å². The summed E-state index contributed by atoms with van der Waals surface area (Å²) in [5, 5.41) is 11.6. The van der Waals surface area contributed by atoms with Gasteiger partial charge in [-0.3, -0.25) is 0 Å². The zero-order chi connectivity index (χ0) is 15.9. The largest absolute Gasteiger partial charge is 0.465 e. The van der Waals surface area contributed by atoms with Crippen LogP contribution in [-0.4, -0.2) is 51.0 Å². The van der Waals surface area contributed by atoms with Crippen LogP contribution in [0.4, 0.5) is 5.95 Å². The summed E-state index contributed by atoms with van der Waals surface area (Å²) in [6.45, 7) is 0. The van der Waals surface area contributed by atoms with E-state index in [-0.39, 0.29) is 33.9 Å². The number of carbonyl (C=O) groups excluding carboxylic acids is 2. The number of nitrogen functional groups attached to an aromatic ring is 1. The fraction of sp³-hybridized carbons (Fsp3) is 0.167. The first-order valence-electron chi connectivity index (χ1n) is 6.05. The highest BCUT2D eigenvalue weighted by molar-refractivity contribution is 6.09. The van der Waals surface area contributed by atoms with Crippen LogP contribution < -0.4 is 5.73 Å². The maximum atomic E-state index is 11.9. The molecule has 0 atom stereocenters. The SMILES string of the molecule is COC(=O)c1ccc(C(=O)OC)c2nn3c(N)nnc3nc12. The zero-order valence-corrected chi connectivity index (χ0v) is 11.6. The van der Waals surface area contributed by atoms with Crippen LogP contribution in [0.1, 0.15) is 20.7 Å². The van der Waals surface area contributed by atoms with Crippen LogP contribution in [0.25, 0.3) is 16.8 Å². The number of nitrogens with zero attached hydrogens (tertiary/aromatic N) is 5. The molecule has 0 saturated carbocycles. The third-order valence-electron chi connectivity index (χ3n) is 3.02. The summed E-state index contributed by atoms with van der Waals surface area (Å²) in [4.78, 5) is 27.9. The third-order valence-corrected chi connectivity index (χ3v) is 3.02. The molecule has 0 aliphatic carbocycles. The number of aromatic nitrogens is 5. The van der Waals surface area contributed by atoms with E-state index in [4.69, 9.17) is 15.2 Å². The minimum Gasteiger partial charge on any atom is -0.465 e. The predicted molar refractivity (Wildman–Crippen MR) is 73.2 cm³/mol. The minimum absolute atomic E-state index is 0.00341. The number of benzene rings is 1. The third kappa shape index (κ3) is 1.89. The number of anilines is 1. The van der Waals surface area contributed by atoms with Crippen molar-refractivity contribution in [3.8, 4) is 0 Å². The maximum Gasteiger partial charge on any atom is 0.340 e. The van der Waals surface area contributed by atoms with Crippen molar-refractivity contribution in [3.05, 3.63) is 23.3 Å². The maximum absolute atomic E-state index is 11.9. The van der Waals surface area contributed by atoms with Crippen molar-refractivity contribution >= 4 is 34.7 Å². The number of hydrogen-bond donors (Lipinski definition) is 1. The van der Waals surface area contributed by atoms with Gasteiger partial charge in [-0.25, -0.2) is 14.6 Å². The molecule has 0 aliphatic rings. The quantitative estimate of drug-likeness (QED) is 0.640. The normalized spacial score (nSPS) is 10.8. The Morgan fingerprint density at radius 2 is 1.64 bits per heavy atom. The molecule has 0 spiro atoms. The molecular weight excluding hydrogens is 292 g/mol. The molecule has 0 radical (unpaired) electrons. The van der Waals surface area contributed by atoms with Crippen LogP contribution in [0, 0.1) is 0 Å². The van der Waals surface area contributed by atoms with Gasteiger partial charge >= 0.3 is 11.9 Å². The molecule has 3 aromatic rings. The molecule has 10 heteroatoms. The number of carbonyl (C=O) groups is 2. The van der Waals surface area contributed by atoms with Gasteiger partial charge in [-0.1, -0.05) is 0 Å². The molecule has 2 heterocycles. The van der Waals surface area contributed by atoms with Gasteiger partial charge in [0.15, 0.2) is 0 Å². The van der Waals surface area contributed by atoms with Gasteiger partial charge in [0.25, 0.3) is 5.78 Å². The average Bonchev–Trinajstić information content (AvgIpc) is 2.91. The van der Waals surface area contributed by atoms with Crippen molar-refractivity contribution in [2.24, 2.45) is 0 Å². The van der Waals surface area contributed by atoms with Crippen LogP contribution in [0.3, 0.4) is 0 Å². The molecule has 3 rings (SSSR count). The standard InChI is InChI=1S/C12H10N6O4/c1-21-9(19)5-3-4-6(10(20)22-2)8-7(5)14-12-16-15-11(13)18(12)17-8/h3-4H,1-2H3,(H2,13,15). The lowest BCUT2D eigenvalue weighted by Gasteiger charge is -2.07. The molecule has 112 valence electrons. The second-order valence-electron chi connectivity index (χ2n) is 4.22. The van der Waals surface area contributed by atoms with Crippen molar-refractivity contribution in [3.63, 3.8) is 0 Å². The van der Waals surface area contributed by atoms with Gasteiger partial charge in [0.1, 0.15) is 11.0 Å². The first kappa shape index (κ1) is 13.7. The molecule has 10 nitrogen and oxygen atoms in total. The lowest BCUT2D eigenvalue weighted by atomic mass is 10.1. The second-order valence-corrected chi connectivity index (χ2v) is 4.22. The number of fused-ring (bicyclic) bond motifs is 2. The molecule has 0 unspecified atom stereocenters.